The molecule has 0 amide bonds. The molecule has 0 aliphatic carbocycles. The van der Waals surface area contributed by atoms with Gasteiger partial charge >= 0.3 is 6.18 Å². The number of nitrogens with one attached hydrogen (secondary N) is 3. The number of hydrogen-bond acceptors (Lipinski definition) is 6. The number of alkyl halides is 3. The first-order valence-electron chi connectivity index (χ1n) is 10.1. The van der Waals surface area contributed by atoms with Crippen LogP contribution in [0, 0.1) is 0 Å². The van der Waals surface area contributed by atoms with Gasteiger partial charge in [0.1, 0.15) is 4.83 Å². The quantitative estimate of drug-likeness (QED) is 0.319. The summed E-state index contributed by atoms with van der Waals surface area (Å²) in [5.41, 5.74) is -0.244. The average molecular weight is 517 g/mol. The minimum absolute atomic E-state index is 0.136. The molecule has 12 heteroatoms. The average Bonchev–Trinajstić information content (AvgIpc) is 3.40. The number of rotatable bonds is 5. The number of benzene rings is 2. The summed E-state index contributed by atoms with van der Waals surface area (Å²) in [6.45, 7) is 0. The van der Waals surface area contributed by atoms with Gasteiger partial charge in [-0.25, -0.2) is 13.4 Å². The lowest BCUT2D eigenvalue weighted by atomic mass is 10.2. The van der Waals surface area contributed by atoms with E-state index in [1.165, 1.54) is 47.9 Å². The van der Waals surface area contributed by atoms with Crippen LogP contribution in [0.4, 0.5) is 24.5 Å². The first-order valence-corrected chi connectivity index (χ1v) is 12.4. The highest BCUT2D eigenvalue weighted by molar-refractivity contribution is 7.92. The Morgan fingerprint density at radius 3 is 2.54 bits per heavy atom. The third-order valence-electron chi connectivity index (χ3n) is 5.24. The van der Waals surface area contributed by atoms with Crippen LogP contribution in [0.25, 0.3) is 27.3 Å². The lowest BCUT2D eigenvalue weighted by molar-refractivity contribution is -0.137. The van der Waals surface area contributed by atoms with Crippen LogP contribution < -0.4 is 20.8 Å². The van der Waals surface area contributed by atoms with Crippen molar-refractivity contribution in [1.82, 2.24) is 9.97 Å². The van der Waals surface area contributed by atoms with Crippen LogP contribution in [0.1, 0.15) is 5.56 Å². The van der Waals surface area contributed by atoms with Gasteiger partial charge in [-0.05, 0) is 48.5 Å². The maximum Gasteiger partial charge on any atom is 0.416 e. The van der Waals surface area contributed by atoms with E-state index >= 15 is 0 Å². The van der Waals surface area contributed by atoms with E-state index in [-0.39, 0.29) is 16.1 Å². The molecular weight excluding hydrogens is 501 g/mol. The molecule has 0 aliphatic rings. The number of H-pyrrole nitrogens is 1. The maximum atomic E-state index is 12.9. The molecule has 0 spiro atoms. The molecule has 0 fully saturated rings. The van der Waals surface area contributed by atoms with Crippen molar-refractivity contribution in [2.24, 2.45) is 0 Å². The minimum atomic E-state index is -4.59. The molecule has 3 N–H and O–H groups in total. The molecule has 2 aromatic carbocycles. The van der Waals surface area contributed by atoms with Crippen molar-refractivity contribution in [2.45, 2.75) is 11.1 Å². The number of aromatic amines is 1. The minimum Gasteiger partial charge on any atom is -0.361 e. The molecule has 0 saturated heterocycles. The van der Waals surface area contributed by atoms with Crippen LogP contribution in [0.5, 0.6) is 0 Å². The summed E-state index contributed by atoms with van der Waals surface area (Å²) in [5, 5.41) is 6.80. The Morgan fingerprint density at radius 2 is 1.80 bits per heavy atom. The van der Waals surface area contributed by atoms with Crippen molar-refractivity contribution in [3.05, 3.63) is 87.3 Å². The number of nitrogens with zero attached hydrogens (tertiary/aromatic N) is 1. The number of fused-ring (bicyclic) bond motifs is 3. The first kappa shape index (κ1) is 22.9. The Balaban J connectivity index is 1.40. The molecule has 35 heavy (non-hydrogen) atoms. The van der Waals surface area contributed by atoms with Crippen LogP contribution in [0.15, 0.2) is 75.9 Å². The Kier molecular flexibility index (Phi) is 5.49. The van der Waals surface area contributed by atoms with Gasteiger partial charge in [0, 0.05) is 39.9 Å². The molecule has 0 saturated carbocycles. The van der Waals surface area contributed by atoms with Gasteiger partial charge in [0.25, 0.3) is 15.6 Å². The zero-order valence-electron chi connectivity index (χ0n) is 17.6. The normalized spacial score (nSPS) is 12.9. The molecule has 0 unspecified atom stereocenters. The molecule has 3 heterocycles. The number of anilines is 2. The van der Waals surface area contributed by atoms with Crippen molar-refractivity contribution >= 4 is 60.1 Å². The van der Waals surface area contributed by atoms with E-state index in [4.69, 9.17) is 0 Å². The molecule has 0 atom stereocenters. The summed E-state index contributed by atoms with van der Waals surface area (Å²) in [4.78, 5) is 20.2. The number of aromatic nitrogens is 2. The standard InChI is InChI=1S/C23H15F3N4O3S2/c24-23(25,26)13-2-1-3-15(10-13)30-35(32,33)16-6-4-14(5-7-16)28-11-18-20-17-8-9-27-22(17)34-12-19(20)29-21(18)31/h1-12,28,30H,(H,29,31). The van der Waals surface area contributed by atoms with Crippen molar-refractivity contribution in [2.75, 3.05) is 10.0 Å². The lowest BCUT2D eigenvalue weighted by Gasteiger charge is -2.11. The fraction of sp³-hybridized carbons (Fsp3) is 0.0435. The fourth-order valence-corrected chi connectivity index (χ4v) is 5.48. The molecular formula is C23H15F3N4O3S2. The Bertz CT molecular complexity index is 1780. The van der Waals surface area contributed by atoms with Gasteiger partial charge < -0.3 is 10.3 Å². The van der Waals surface area contributed by atoms with Gasteiger partial charge in [0.15, 0.2) is 0 Å². The van der Waals surface area contributed by atoms with Gasteiger partial charge in [-0.15, -0.1) is 11.3 Å². The second kappa shape index (κ2) is 8.40. The summed E-state index contributed by atoms with van der Waals surface area (Å²) in [6, 6.07) is 11.4. The monoisotopic (exact) mass is 516 g/mol. The molecule has 3 aromatic heterocycles. The summed E-state index contributed by atoms with van der Waals surface area (Å²) in [6.07, 6.45) is -1.39. The number of halogens is 3. The molecule has 178 valence electrons. The van der Waals surface area contributed by atoms with Crippen molar-refractivity contribution in [3.8, 4) is 0 Å². The van der Waals surface area contributed by atoms with Crippen LogP contribution in [0.2, 0.25) is 0 Å². The Labute approximate surface area is 200 Å². The zero-order chi connectivity index (χ0) is 24.8. The summed E-state index contributed by atoms with van der Waals surface area (Å²) < 4.78 is 66.1. The van der Waals surface area contributed by atoms with E-state index in [1.807, 2.05) is 11.4 Å². The predicted molar refractivity (Wildman–Crippen MR) is 130 cm³/mol. The zero-order valence-corrected chi connectivity index (χ0v) is 19.2. The SMILES string of the molecule is O=c1[nH]c2csc3nccc3c2c1=CNc1ccc(S(=O)(=O)Nc2cccc(C(F)(F)F)c2)cc1. The van der Waals surface area contributed by atoms with Crippen LogP contribution in [-0.2, 0) is 16.2 Å². The van der Waals surface area contributed by atoms with Gasteiger partial charge in [-0.3, -0.25) is 9.52 Å². The molecule has 0 bridgehead atoms. The lowest BCUT2D eigenvalue weighted by Crippen LogP contribution is -2.22. The second-order valence-corrected chi connectivity index (χ2v) is 10.1. The van der Waals surface area contributed by atoms with Gasteiger partial charge in [-0.1, -0.05) is 6.07 Å². The smallest absolute Gasteiger partial charge is 0.361 e. The van der Waals surface area contributed by atoms with Gasteiger partial charge in [0.05, 0.1) is 21.2 Å². The van der Waals surface area contributed by atoms with E-state index in [0.717, 1.165) is 33.8 Å². The fourth-order valence-electron chi connectivity index (χ4n) is 3.61. The molecule has 0 radical (unpaired) electrons. The number of sulfonamides is 1. The van der Waals surface area contributed by atoms with Crippen molar-refractivity contribution in [1.29, 1.82) is 0 Å². The predicted octanol–water partition coefficient (Wildman–Crippen LogP) is 4.53. The second-order valence-electron chi connectivity index (χ2n) is 7.55. The third kappa shape index (κ3) is 4.45. The Hall–Kier alpha value is -3.90. The highest BCUT2D eigenvalue weighted by Gasteiger charge is 2.30. The molecule has 5 rings (SSSR count). The largest absolute Gasteiger partial charge is 0.416 e. The van der Waals surface area contributed by atoms with Crippen LogP contribution >= 0.6 is 11.3 Å². The maximum absolute atomic E-state index is 12.9. The first-order chi connectivity index (χ1) is 16.6. The van der Waals surface area contributed by atoms with E-state index in [1.54, 1.807) is 6.20 Å². The molecule has 5 aromatic rings. The van der Waals surface area contributed by atoms with Gasteiger partial charge in [0.2, 0.25) is 0 Å². The van der Waals surface area contributed by atoms with Gasteiger partial charge in [-0.2, -0.15) is 13.2 Å². The van der Waals surface area contributed by atoms with Crippen LogP contribution in [0.3, 0.4) is 0 Å². The summed E-state index contributed by atoms with van der Waals surface area (Å²) >= 11 is 1.42. The molecule has 0 aliphatic heterocycles. The highest BCUT2D eigenvalue weighted by Crippen LogP contribution is 2.31. The van der Waals surface area contributed by atoms with Crippen LogP contribution in [-0.4, -0.2) is 18.4 Å². The highest BCUT2D eigenvalue weighted by atomic mass is 32.2. The summed E-state index contributed by atoms with van der Waals surface area (Å²) in [5.74, 6) is 0. The van der Waals surface area contributed by atoms with E-state index in [2.05, 4.69) is 20.0 Å². The number of hydrogen-bond donors (Lipinski definition) is 3. The van der Waals surface area contributed by atoms with E-state index in [0.29, 0.717) is 16.4 Å². The summed E-state index contributed by atoms with van der Waals surface area (Å²) in [7, 11) is -4.12. The van der Waals surface area contributed by atoms with Crippen molar-refractivity contribution in [3.63, 3.8) is 0 Å². The third-order valence-corrected chi connectivity index (χ3v) is 7.54. The Morgan fingerprint density at radius 1 is 1.03 bits per heavy atom. The van der Waals surface area contributed by atoms with E-state index < -0.39 is 21.8 Å². The topological polar surface area (TPSA) is 104 Å². The van der Waals surface area contributed by atoms with Crippen molar-refractivity contribution < 1.29 is 21.6 Å². The van der Waals surface area contributed by atoms with E-state index in [9.17, 15) is 26.4 Å². The molecule has 7 nitrogen and oxygen atoms in total.